The number of benzene rings is 1. The molecule has 0 radical (unpaired) electrons. The number of para-hydroxylation sites is 1. The zero-order chi connectivity index (χ0) is 16.8. The summed E-state index contributed by atoms with van der Waals surface area (Å²) in [6.07, 6.45) is 2.02. The Labute approximate surface area is 144 Å². The van der Waals surface area contributed by atoms with Crippen LogP contribution in [0.3, 0.4) is 0 Å². The SMILES string of the molecule is Nc1c2c(nn1C(=O)C1CCNc3c(Cl)cccc31)CC(O)CC2. The first kappa shape index (κ1) is 15.5. The molecule has 2 heterocycles. The molecule has 0 amide bonds. The van der Waals surface area contributed by atoms with Crippen molar-refractivity contribution in [2.75, 3.05) is 17.6 Å². The molecule has 2 atom stereocenters. The van der Waals surface area contributed by atoms with Crippen LogP contribution >= 0.6 is 11.6 Å². The molecule has 0 spiro atoms. The van der Waals surface area contributed by atoms with Crippen LogP contribution in [0, 0.1) is 0 Å². The summed E-state index contributed by atoms with van der Waals surface area (Å²) >= 11 is 6.24. The summed E-state index contributed by atoms with van der Waals surface area (Å²) in [5, 5.41) is 18.1. The summed E-state index contributed by atoms with van der Waals surface area (Å²) in [4.78, 5) is 13.1. The van der Waals surface area contributed by atoms with Crippen LogP contribution in [0.4, 0.5) is 11.5 Å². The van der Waals surface area contributed by atoms with Crippen molar-refractivity contribution in [2.24, 2.45) is 0 Å². The highest BCUT2D eigenvalue weighted by Gasteiger charge is 2.32. The highest BCUT2D eigenvalue weighted by atomic mass is 35.5. The minimum atomic E-state index is -0.409. The van der Waals surface area contributed by atoms with Crippen LogP contribution in [-0.4, -0.2) is 33.4 Å². The molecule has 0 fully saturated rings. The fourth-order valence-electron chi connectivity index (χ4n) is 3.67. The van der Waals surface area contributed by atoms with E-state index in [0.717, 1.165) is 22.5 Å². The fraction of sp³-hybridized carbons (Fsp3) is 0.412. The molecule has 2 aromatic rings. The second-order valence-electron chi connectivity index (χ2n) is 6.43. The lowest BCUT2D eigenvalue weighted by Crippen LogP contribution is -2.28. The summed E-state index contributed by atoms with van der Waals surface area (Å²) in [6.45, 7) is 0.673. The number of anilines is 2. The number of aliphatic hydroxyl groups excluding tert-OH is 1. The van der Waals surface area contributed by atoms with Crippen molar-refractivity contribution < 1.29 is 9.90 Å². The Morgan fingerprint density at radius 1 is 1.42 bits per heavy atom. The third-order valence-electron chi connectivity index (χ3n) is 4.93. The second kappa shape index (κ2) is 5.79. The van der Waals surface area contributed by atoms with E-state index in [2.05, 4.69) is 10.4 Å². The summed E-state index contributed by atoms with van der Waals surface area (Å²) in [5.74, 6) is -0.0565. The molecule has 0 saturated heterocycles. The summed E-state index contributed by atoms with van der Waals surface area (Å²) in [7, 11) is 0. The summed E-state index contributed by atoms with van der Waals surface area (Å²) in [6, 6.07) is 5.57. The first-order chi connectivity index (χ1) is 11.6. The van der Waals surface area contributed by atoms with E-state index in [4.69, 9.17) is 17.3 Å². The molecule has 6 nitrogen and oxygen atoms in total. The number of fused-ring (bicyclic) bond motifs is 2. The predicted molar refractivity (Wildman–Crippen MR) is 92.6 cm³/mol. The van der Waals surface area contributed by atoms with Crippen LogP contribution in [0.25, 0.3) is 0 Å². The van der Waals surface area contributed by atoms with Gasteiger partial charge in [-0.2, -0.15) is 9.78 Å². The fourth-order valence-corrected chi connectivity index (χ4v) is 3.92. The van der Waals surface area contributed by atoms with Crippen molar-refractivity contribution >= 4 is 29.0 Å². The van der Waals surface area contributed by atoms with Gasteiger partial charge in [0.1, 0.15) is 5.82 Å². The average Bonchev–Trinajstić information content (AvgIpc) is 2.90. The molecule has 7 heteroatoms. The van der Waals surface area contributed by atoms with Crippen molar-refractivity contribution in [2.45, 2.75) is 37.7 Å². The molecule has 1 aromatic carbocycles. The third-order valence-corrected chi connectivity index (χ3v) is 5.24. The lowest BCUT2D eigenvalue weighted by atomic mass is 9.90. The molecule has 1 aliphatic carbocycles. The third kappa shape index (κ3) is 2.37. The lowest BCUT2D eigenvalue weighted by molar-refractivity contribution is 0.0858. The van der Waals surface area contributed by atoms with Crippen LogP contribution < -0.4 is 11.1 Å². The number of aliphatic hydroxyl groups is 1. The lowest BCUT2D eigenvalue weighted by Gasteiger charge is -2.26. The number of nitrogens with zero attached hydrogens (tertiary/aromatic N) is 2. The Morgan fingerprint density at radius 2 is 2.25 bits per heavy atom. The van der Waals surface area contributed by atoms with Gasteiger partial charge in [0.25, 0.3) is 5.91 Å². The molecule has 0 saturated carbocycles. The number of rotatable bonds is 1. The summed E-state index contributed by atoms with van der Waals surface area (Å²) < 4.78 is 1.32. The highest BCUT2D eigenvalue weighted by molar-refractivity contribution is 6.33. The highest BCUT2D eigenvalue weighted by Crippen LogP contribution is 2.38. The number of halogens is 1. The molecule has 4 N–H and O–H groups in total. The minimum Gasteiger partial charge on any atom is -0.393 e. The number of carbonyl (C=O) groups excluding carboxylic acids is 1. The van der Waals surface area contributed by atoms with Gasteiger partial charge in [-0.3, -0.25) is 4.79 Å². The molecule has 0 bridgehead atoms. The number of nitrogens with one attached hydrogen (secondary N) is 1. The van der Waals surface area contributed by atoms with Crippen molar-refractivity contribution in [3.05, 3.63) is 40.0 Å². The Kier molecular flexibility index (Phi) is 3.73. The normalized spacial score (nSPS) is 22.4. The maximum absolute atomic E-state index is 13.1. The zero-order valence-corrected chi connectivity index (χ0v) is 13.9. The van der Waals surface area contributed by atoms with E-state index < -0.39 is 6.10 Å². The van der Waals surface area contributed by atoms with E-state index in [1.54, 1.807) is 0 Å². The van der Waals surface area contributed by atoms with Gasteiger partial charge in [0.15, 0.2) is 0 Å². The molecule has 126 valence electrons. The van der Waals surface area contributed by atoms with Crippen LogP contribution in [0.5, 0.6) is 0 Å². The van der Waals surface area contributed by atoms with Gasteiger partial charge in [-0.25, -0.2) is 0 Å². The number of nitrogens with two attached hydrogens (primary N) is 1. The van der Waals surface area contributed by atoms with Crippen LogP contribution in [0.2, 0.25) is 5.02 Å². The van der Waals surface area contributed by atoms with Crippen molar-refractivity contribution in [3.8, 4) is 0 Å². The Bertz CT molecular complexity index is 817. The van der Waals surface area contributed by atoms with Crippen molar-refractivity contribution in [1.82, 2.24) is 9.78 Å². The monoisotopic (exact) mass is 346 g/mol. The molecular weight excluding hydrogens is 328 g/mol. The molecule has 1 aliphatic heterocycles. The molecular formula is C17H19ClN4O2. The average molecular weight is 347 g/mol. The first-order valence-corrected chi connectivity index (χ1v) is 8.55. The molecule has 2 unspecified atom stereocenters. The van der Waals surface area contributed by atoms with E-state index >= 15 is 0 Å². The first-order valence-electron chi connectivity index (χ1n) is 8.17. The van der Waals surface area contributed by atoms with E-state index in [1.807, 2.05) is 18.2 Å². The number of carbonyl (C=O) groups is 1. The van der Waals surface area contributed by atoms with E-state index in [9.17, 15) is 9.90 Å². The summed E-state index contributed by atoms with van der Waals surface area (Å²) in [5.41, 5.74) is 9.51. The number of aromatic nitrogens is 2. The number of nitrogen functional groups attached to an aromatic ring is 1. The van der Waals surface area contributed by atoms with E-state index in [-0.39, 0.29) is 11.8 Å². The van der Waals surface area contributed by atoms with Gasteiger partial charge in [0.05, 0.1) is 28.4 Å². The van der Waals surface area contributed by atoms with Crippen molar-refractivity contribution in [3.63, 3.8) is 0 Å². The Balaban J connectivity index is 1.73. The van der Waals surface area contributed by atoms with Crippen molar-refractivity contribution in [1.29, 1.82) is 0 Å². The van der Waals surface area contributed by atoms with Gasteiger partial charge in [0, 0.05) is 18.5 Å². The molecule has 2 aliphatic rings. The van der Waals surface area contributed by atoms with Gasteiger partial charge < -0.3 is 16.2 Å². The number of hydrogen-bond acceptors (Lipinski definition) is 5. The standard InChI is InChI=1S/C17H19ClN4O2/c18-13-3-1-2-10-11(6-7-20-15(10)13)17(24)22-16(19)12-5-4-9(23)8-14(12)21-22/h1-3,9,11,20,23H,4-8,19H2. The van der Waals surface area contributed by atoms with Crippen LogP contribution in [0.1, 0.15) is 40.4 Å². The maximum atomic E-state index is 13.1. The molecule has 1 aromatic heterocycles. The van der Waals surface area contributed by atoms with E-state index in [1.165, 1.54) is 4.68 Å². The van der Waals surface area contributed by atoms with Gasteiger partial charge in [-0.05, 0) is 30.9 Å². The number of hydrogen-bond donors (Lipinski definition) is 3. The van der Waals surface area contributed by atoms with Crippen LogP contribution in [-0.2, 0) is 12.8 Å². The Hall–Kier alpha value is -2.05. The van der Waals surface area contributed by atoms with Gasteiger partial charge in [-0.1, -0.05) is 23.7 Å². The van der Waals surface area contributed by atoms with Gasteiger partial charge in [-0.15, -0.1) is 0 Å². The molecule has 4 rings (SSSR count). The largest absolute Gasteiger partial charge is 0.393 e. The van der Waals surface area contributed by atoms with Gasteiger partial charge >= 0.3 is 0 Å². The smallest absolute Gasteiger partial charge is 0.256 e. The minimum absolute atomic E-state index is 0.138. The molecule has 24 heavy (non-hydrogen) atoms. The van der Waals surface area contributed by atoms with Crippen LogP contribution in [0.15, 0.2) is 18.2 Å². The maximum Gasteiger partial charge on any atom is 0.256 e. The Morgan fingerprint density at radius 3 is 3.08 bits per heavy atom. The topological polar surface area (TPSA) is 93.2 Å². The quantitative estimate of drug-likeness (QED) is 0.736. The zero-order valence-electron chi connectivity index (χ0n) is 13.1. The second-order valence-corrected chi connectivity index (χ2v) is 6.84. The predicted octanol–water partition coefficient (Wildman–Crippen LogP) is 2.21. The van der Waals surface area contributed by atoms with E-state index in [0.29, 0.717) is 43.1 Å². The van der Waals surface area contributed by atoms with Gasteiger partial charge in [0.2, 0.25) is 0 Å².